The highest BCUT2D eigenvalue weighted by atomic mass is 16.5. The zero-order valence-electron chi connectivity index (χ0n) is 11.1. The Hall–Kier alpha value is -2.09. The minimum atomic E-state index is 0.482. The van der Waals surface area contributed by atoms with E-state index in [2.05, 4.69) is 31.2 Å². The third-order valence-corrected chi connectivity index (χ3v) is 3.20. The summed E-state index contributed by atoms with van der Waals surface area (Å²) in [5.41, 5.74) is 2.01. The molecule has 0 aromatic heterocycles. The van der Waals surface area contributed by atoms with E-state index in [4.69, 9.17) is 4.74 Å². The molecule has 0 amide bonds. The summed E-state index contributed by atoms with van der Waals surface area (Å²) < 4.78 is 5.68. The number of benzene rings is 2. The van der Waals surface area contributed by atoms with Crippen molar-refractivity contribution in [2.75, 3.05) is 6.61 Å². The number of carbonyl (C=O) groups excluding carboxylic acids is 1. The van der Waals surface area contributed by atoms with E-state index in [1.54, 1.807) is 12.1 Å². The summed E-state index contributed by atoms with van der Waals surface area (Å²) in [5, 5.41) is 0. The molecule has 19 heavy (non-hydrogen) atoms. The highest BCUT2D eigenvalue weighted by Crippen LogP contribution is 2.19. The SMILES string of the molecule is CC(CCOc1ccc(C=O)cc1)c1ccccc1. The molecule has 0 aliphatic rings. The Bertz CT molecular complexity index is 503. The zero-order chi connectivity index (χ0) is 13.5. The molecule has 2 aromatic rings. The predicted octanol–water partition coefficient (Wildman–Crippen LogP) is 4.07. The summed E-state index contributed by atoms with van der Waals surface area (Å²) in [4.78, 5) is 10.5. The first-order valence-electron chi connectivity index (χ1n) is 6.52. The second-order valence-corrected chi connectivity index (χ2v) is 4.64. The van der Waals surface area contributed by atoms with E-state index in [1.807, 2.05) is 18.2 Å². The van der Waals surface area contributed by atoms with E-state index in [-0.39, 0.29) is 0 Å². The molecule has 0 saturated carbocycles. The second kappa shape index (κ2) is 6.74. The van der Waals surface area contributed by atoms with Crippen LogP contribution in [-0.2, 0) is 0 Å². The molecule has 0 aliphatic carbocycles. The number of carbonyl (C=O) groups is 1. The summed E-state index contributed by atoms with van der Waals surface area (Å²) in [7, 11) is 0. The molecular weight excluding hydrogens is 236 g/mol. The van der Waals surface area contributed by atoms with Crippen LogP contribution in [0.5, 0.6) is 5.75 Å². The normalized spacial score (nSPS) is 11.8. The van der Waals surface area contributed by atoms with Crippen LogP contribution >= 0.6 is 0 Å². The van der Waals surface area contributed by atoms with Crippen LogP contribution in [0.4, 0.5) is 0 Å². The number of hydrogen-bond acceptors (Lipinski definition) is 2. The van der Waals surface area contributed by atoms with Gasteiger partial charge in [-0.15, -0.1) is 0 Å². The highest BCUT2D eigenvalue weighted by molar-refractivity contribution is 5.74. The maximum absolute atomic E-state index is 10.5. The van der Waals surface area contributed by atoms with Gasteiger partial charge in [-0.3, -0.25) is 4.79 Å². The van der Waals surface area contributed by atoms with Gasteiger partial charge in [-0.25, -0.2) is 0 Å². The Labute approximate surface area is 114 Å². The second-order valence-electron chi connectivity index (χ2n) is 4.64. The monoisotopic (exact) mass is 254 g/mol. The van der Waals surface area contributed by atoms with Gasteiger partial charge in [0.05, 0.1) is 6.61 Å². The topological polar surface area (TPSA) is 26.3 Å². The van der Waals surface area contributed by atoms with E-state index >= 15 is 0 Å². The zero-order valence-corrected chi connectivity index (χ0v) is 11.1. The van der Waals surface area contributed by atoms with Gasteiger partial charge in [0, 0.05) is 5.56 Å². The van der Waals surface area contributed by atoms with Gasteiger partial charge in [-0.2, -0.15) is 0 Å². The Kier molecular flexibility index (Phi) is 4.73. The van der Waals surface area contributed by atoms with Crippen LogP contribution in [-0.4, -0.2) is 12.9 Å². The first-order chi connectivity index (χ1) is 9.29. The fraction of sp³-hybridized carbons (Fsp3) is 0.235. The van der Waals surface area contributed by atoms with Crippen LogP contribution in [0.25, 0.3) is 0 Å². The van der Waals surface area contributed by atoms with Crippen LogP contribution in [0.2, 0.25) is 0 Å². The molecule has 0 N–H and O–H groups in total. The average molecular weight is 254 g/mol. The smallest absolute Gasteiger partial charge is 0.150 e. The van der Waals surface area contributed by atoms with Gasteiger partial charge < -0.3 is 4.74 Å². The van der Waals surface area contributed by atoms with E-state index < -0.39 is 0 Å². The third-order valence-electron chi connectivity index (χ3n) is 3.20. The Morgan fingerprint density at radius 3 is 2.37 bits per heavy atom. The lowest BCUT2D eigenvalue weighted by Gasteiger charge is -2.12. The minimum Gasteiger partial charge on any atom is -0.494 e. The molecule has 0 bridgehead atoms. The molecule has 1 atom stereocenters. The Morgan fingerprint density at radius 1 is 1.05 bits per heavy atom. The lowest BCUT2D eigenvalue weighted by Crippen LogP contribution is -2.03. The minimum absolute atomic E-state index is 0.482. The van der Waals surface area contributed by atoms with Crippen LogP contribution < -0.4 is 4.74 Å². The average Bonchev–Trinajstić information content (AvgIpc) is 2.49. The van der Waals surface area contributed by atoms with E-state index in [9.17, 15) is 4.79 Å². The summed E-state index contributed by atoms with van der Waals surface area (Å²) in [6.07, 6.45) is 1.81. The maximum atomic E-state index is 10.5. The fourth-order valence-corrected chi connectivity index (χ4v) is 1.94. The van der Waals surface area contributed by atoms with Gasteiger partial charge in [-0.1, -0.05) is 37.3 Å². The number of ether oxygens (including phenoxy) is 1. The lowest BCUT2D eigenvalue weighted by molar-refractivity contribution is 0.112. The van der Waals surface area contributed by atoms with Gasteiger partial charge in [0.1, 0.15) is 12.0 Å². The van der Waals surface area contributed by atoms with Crippen LogP contribution in [0.3, 0.4) is 0 Å². The van der Waals surface area contributed by atoms with Gasteiger partial charge in [0.2, 0.25) is 0 Å². The molecular formula is C17H18O2. The quantitative estimate of drug-likeness (QED) is 0.726. The van der Waals surface area contributed by atoms with Gasteiger partial charge >= 0.3 is 0 Å². The van der Waals surface area contributed by atoms with Crippen molar-refractivity contribution in [2.45, 2.75) is 19.3 Å². The van der Waals surface area contributed by atoms with Crippen molar-refractivity contribution in [3.63, 3.8) is 0 Å². The molecule has 0 fully saturated rings. The largest absolute Gasteiger partial charge is 0.494 e. The first kappa shape index (κ1) is 13.3. The maximum Gasteiger partial charge on any atom is 0.150 e. The number of rotatable bonds is 6. The third kappa shape index (κ3) is 3.95. The predicted molar refractivity (Wildman–Crippen MR) is 76.8 cm³/mol. The molecule has 1 unspecified atom stereocenters. The Balaban J connectivity index is 1.81. The lowest BCUT2D eigenvalue weighted by atomic mass is 9.98. The molecule has 2 nitrogen and oxygen atoms in total. The van der Waals surface area contributed by atoms with Crippen molar-refractivity contribution in [1.29, 1.82) is 0 Å². The van der Waals surface area contributed by atoms with Crippen molar-refractivity contribution in [1.82, 2.24) is 0 Å². The summed E-state index contributed by atoms with van der Waals surface area (Å²) in [5.74, 6) is 1.29. The molecule has 0 heterocycles. The van der Waals surface area contributed by atoms with Crippen LogP contribution in [0, 0.1) is 0 Å². The molecule has 2 rings (SSSR count). The van der Waals surface area contributed by atoms with Gasteiger partial charge in [-0.05, 0) is 42.2 Å². The molecule has 2 aromatic carbocycles. The van der Waals surface area contributed by atoms with Crippen LogP contribution in [0.15, 0.2) is 54.6 Å². The van der Waals surface area contributed by atoms with Crippen molar-refractivity contribution >= 4 is 6.29 Å². The number of hydrogen-bond donors (Lipinski definition) is 0. The summed E-state index contributed by atoms with van der Waals surface area (Å²) in [6, 6.07) is 17.6. The van der Waals surface area contributed by atoms with E-state index in [0.29, 0.717) is 18.1 Å². The van der Waals surface area contributed by atoms with Crippen LogP contribution in [0.1, 0.15) is 35.2 Å². The van der Waals surface area contributed by atoms with Gasteiger partial charge in [0.25, 0.3) is 0 Å². The first-order valence-corrected chi connectivity index (χ1v) is 6.52. The molecule has 0 aliphatic heterocycles. The Morgan fingerprint density at radius 2 is 1.74 bits per heavy atom. The van der Waals surface area contributed by atoms with E-state index in [0.717, 1.165) is 18.5 Å². The molecule has 0 spiro atoms. The van der Waals surface area contributed by atoms with Crippen molar-refractivity contribution in [3.8, 4) is 5.75 Å². The standard InChI is InChI=1S/C17H18O2/c1-14(16-5-3-2-4-6-16)11-12-19-17-9-7-15(13-18)8-10-17/h2-10,13-14H,11-12H2,1H3. The van der Waals surface area contributed by atoms with Crippen molar-refractivity contribution in [3.05, 3.63) is 65.7 Å². The van der Waals surface area contributed by atoms with Gasteiger partial charge in [0.15, 0.2) is 0 Å². The number of aldehydes is 1. The molecule has 0 saturated heterocycles. The molecule has 98 valence electrons. The summed E-state index contributed by atoms with van der Waals surface area (Å²) in [6.45, 7) is 2.88. The highest BCUT2D eigenvalue weighted by Gasteiger charge is 2.04. The molecule has 0 radical (unpaired) electrons. The summed E-state index contributed by atoms with van der Waals surface area (Å²) >= 11 is 0. The van der Waals surface area contributed by atoms with Crippen molar-refractivity contribution < 1.29 is 9.53 Å². The van der Waals surface area contributed by atoms with Crippen molar-refractivity contribution in [2.24, 2.45) is 0 Å². The van der Waals surface area contributed by atoms with E-state index in [1.165, 1.54) is 5.56 Å². The fourth-order valence-electron chi connectivity index (χ4n) is 1.94. The molecule has 2 heteroatoms.